The van der Waals surface area contributed by atoms with Gasteiger partial charge >= 0.3 is 5.97 Å². The highest BCUT2D eigenvalue weighted by Crippen LogP contribution is 2.36. The lowest BCUT2D eigenvalue weighted by Crippen LogP contribution is -2.16. The van der Waals surface area contributed by atoms with E-state index in [-0.39, 0.29) is 5.56 Å². The molecule has 0 saturated heterocycles. The minimum atomic E-state index is -1.11. The van der Waals surface area contributed by atoms with Gasteiger partial charge in [0.2, 0.25) is 11.6 Å². The first-order valence-corrected chi connectivity index (χ1v) is 6.11. The Labute approximate surface area is 114 Å². The van der Waals surface area contributed by atoms with Crippen molar-refractivity contribution in [1.82, 2.24) is 0 Å². The Balaban J connectivity index is 2.24. The normalized spacial score (nSPS) is 17.1. The van der Waals surface area contributed by atoms with Crippen LogP contribution in [0.4, 0.5) is 0 Å². The van der Waals surface area contributed by atoms with Gasteiger partial charge in [-0.15, -0.1) is 0 Å². The molecule has 2 aromatic carbocycles. The van der Waals surface area contributed by atoms with Crippen LogP contribution in [-0.4, -0.2) is 22.6 Å². The predicted octanol–water partition coefficient (Wildman–Crippen LogP) is 2.28. The SMILES string of the molecule is O=C(O)c1ccccc1C1C(=O)C(=O)c2ccccc21. The van der Waals surface area contributed by atoms with Crippen LogP contribution in [0.25, 0.3) is 0 Å². The van der Waals surface area contributed by atoms with Crippen LogP contribution < -0.4 is 0 Å². The second-order valence-electron chi connectivity index (χ2n) is 4.61. The minimum Gasteiger partial charge on any atom is -0.478 e. The van der Waals surface area contributed by atoms with Crippen LogP contribution in [-0.2, 0) is 4.79 Å². The van der Waals surface area contributed by atoms with Gasteiger partial charge < -0.3 is 5.11 Å². The zero-order chi connectivity index (χ0) is 14.3. The summed E-state index contributed by atoms with van der Waals surface area (Å²) in [7, 11) is 0. The standard InChI is InChI=1S/C16H10O4/c17-14-11-7-3-1-5-9(11)13(15(14)18)10-6-2-4-8-12(10)16(19)20/h1-8,13H,(H,19,20). The molecule has 3 rings (SSSR count). The van der Waals surface area contributed by atoms with Gasteiger partial charge in [0, 0.05) is 5.56 Å². The Hall–Kier alpha value is -2.75. The molecule has 0 radical (unpaired) electrons. The maximum atomic E-state index is 12.2. The van der Waals surface area contributed by atoms with Crippen LogP contribution in [0.1, 0.15) is 37.8 Å². The summed E-state index contributed by atoms with van der Waals surface area (Å²) >= 11 is 0. The average molecular weight is 266 g/mol. The minimum absolute atomic E-state index is 0.0513. The number of benzene rings is 2. The fraction of sp³-hybridized carbons (Fsp3) is 0.0625. The molecule has 98 valence electrons. The van der Waals surface area contributed by atoms with E-state index in [0.29, 0.717) is 16.7 Å². The number of hydrogen-bond donors (Lipinski definition) is 1. The van der Waals surface area contributed by atoms with Gasteiger partial charge in [0.05, 0.1) is 11.5 Å². The molecule has 1 unspecified atom stereocenters. The van der Waals surface area contributed by atoms with Gasteiger partial charge in [0.1, 0.15) is 0 Å². The number of aromatic carboxylic acids is 1. The lowest BCUT2D eigenvalue weighted by molar-refractivity contribution is -0.115. The van der Waals surface area contributed by atoms with Crippen molar-refractivity contribution in [3.63, 3.8) is 0 Å². The molecule has 4 heteroatoms. The number of ketones is 2. The van der Waals surface area contributed by atoms with Gasteiger partial charge in [0.15, 0.2) is 0 Å². The number of rotatable bonds is 2. The monoisotopic (exact) mass is 266 g/mol. The molecular formula is C16H10O4. The number of carboxylic acids is 1. The summed E-state index contributed by atoms with van der Waals surface area (Å²) in [5.74, 6) is -3.04. The fourth-order valence-electron chi connectivity index (χ4n) is 2.61. The van der Waals surface area contributed by atoms with Crippen LogP contribution in [0.15, 0.2) is 48.5 Å². The maximum absolute atomic E-state index is 12.2. The van der Waals surface area contributed by atoms with E-state index < -0.39 is 23.5 Å². The predicted molar refractivity (Wildman–Crippen MR) is 71.0 cm³/mol. The van der Waals surface area contributed by atoms with Crippen molar-refractivity contribution in [3.8, 4) is 0 Å². The third kappa shape index (κ3) is 1.66. The molecule has 1 atom stereocenters. The van der Waals surface area contributed by atoms with Crippen molar-refractivity contribution in [2.24, 2.45) is 0 Å². The van der Waals surface area contributed by atoms with Crippen molar-refractivity contribution in [2.75, 3.05) is 0 Å². The summed E-state index contributed by atoms with van der Waals surface area (Å²) in [4.78, 5) is 35.4. The summed E-state index contributed by atoms with van der Waals surface area (Å²) in [5, 5.41) is 9.23. The number of carboxylic acid groups (broad SMARTS) is 1. The number of hydrogen-bond acceptors (Lipinski definition) is 3. The van der Waals surface area contributed by atoms with E-state index in [1.165, 1.54) is 6.07 Å². The van der Waals surface area contributed by atoms with E-state index in [1.807, 2.05) is 0 Å². The summed E-state index contributed by atoms with van der Waals surface area (Å²) in [6.07, 6.45) is 0. The van der Waals surface area contributed by atoms with Gasteiger partial charge in [-0.05, 0) is 17.2 Å². The van der Waals surface area contributed by atoms with E-state index in [4.69, 9.17) is 0 Å². The number of carbonyl (C=O) groups excluding carboxylic acids is 2. The fourth-order valence-corrected chi connectivity index (χ4v) is 2.61. The molecule has 0 bridgehead atoms. The molecule has 0 spiro atoms. The first-order chi connectivity index (χ1) is 9.61. The Morgan fingerprint density at radius 2 is 1.50 bits per heavy atom. The molecule has 1 aliphatic rings. The van der Waals surface area contributed by atoms with Crippen molar-refractivity contribution >= 4 is 17.5 Å². The molecule has 0 saturated carbocycles. The molecule has 4 nitrogen and oxygen atoms in total. The second kappa shape index (κ2) is 4.42. The van der Waals surface area contributed by atoms with Gasteiger partial charge in [0.25, 0.3) is 0 Å². The molecule has 0 amide bonds. The van der Waals surface area contributed by atoms with Crippen LogP contribution in [0, 0.1) is 0 Å². The Kier molecular flexibility index (Phi) is 2.71. The topological polar surface area (TPSA) is 71.4 Å². The second-order valence-corrected chi connectivity index (χ2v) is 4.61. The summed E-state index contributed by atoms with van der Waals surface area (Å²) in [6.45, 7) is 0. The third-order valence-corrected chi connectivity index (χ3v) is 3.50. The quantitative estimate of drug-likeness (QED) is 0.846. The highest BCUT2D eigenvalue weighted by atomic mass is 16.4. The number of fused-ring (bicyclic) bond motifs is 1. The van der Waals surface area contributed by atoms with Crippen molar-refractivity contribution in [2.45, 2.75) is 5.92 Å². The molecule has 0 aromatic heterocycles. The molecule has 0 aliphatic heterocycles. The van der Waals surface area contributed by atoms with Crippen molar-refractivity contribution in [3.05, 3.63) is 70.8 Å². The lowest BCUT2D eigenvalue weighted by atomic mass is 9.89. The first-order valence-electron chi connectivity index (χ1n) is 6.11. The van der Waals surface area contributed by atoms with Crippen LogP contribution in [0.5, 0.6) is 0 Å². The smallest absolute Gasteiger partial charge is 0.335 e. The molecule has 1 aliphatic carbocycles. The van der Waals surface area contributed by atoms with Crippen LogP contribution in [0.3, 0.4) is 0 Å². The molecule has 20 heavy (non-hydrogen) atoms. The zero-order valence-electron chi connectivity index (χ0n) is 10.4. The van der Waals surface area contributed by atoms with E-state index in [2.05, 4.69) is 0 Å². The molecular weight excluding hydrogens is 256 g/mol. The number of carbonyl (C=O) groups is 3. The summed E-state index contributed by atoms with van der Waals surface area (Å²) < 4.78 is 0. The van der Waals surface area contributed by atoms with Gasteiger partial charge in [-0.25, -0.2) is 4.79 Å². The highest BCUT2D eigenvalue weighted by molar-refractivity contribution is 6.49. The third-order valence-electron chi connectivity index (χ3n) is 3.50. The molecule has 1 N–H and O–H groups in total. The van der Waals surface area contributed by atoms with Gasteiger partial charge in [-0.3, -0.25) is 9.59 Å². The van der Waals surface area contributed by atoms with E-state index >= 15 is 0 Å². The largest absolute Gasteiger partial charge is 0.478 e. The van der Waals surface area contributed by atoms with E-state index in [0.717, 1.165) is 0 Å². The molecule has 0 heterocycles. The molecule has 0 fully saturated rings. The Bertz CT molecular complexity index is 746. The Morgan fingerprint density at radius 3 is 2.20 bits per heavy atom. The summed E-state index contributed by atoms with van der Waals surface area (Å²) in [6, 6.07) is 13.0. The maximum Gasteiger partial charge on any atom is 0.335 e. The lowest BCUT2D eigenvalue weighted by Gasteiger charge is -2.12. The highest BCUT2D eigenvalue weighted by Gasteiger charge is 2.40. The van der Waals surface area contributed by atoms with Crippen LogP contribution >= 0.6 is 0 Å². The van der Waals surface area contributed by atoms with Gasteiger partial charge in [-0.2, -0.15) is 0 Å². The zero-order valence-corrected chi connectivity index (χ0v) is 10.4. The van der Waals surface area contributed by atoms with Crippen LogP contribution in [0.2, 0.25) is 0 Å². The first kappa shape index (κ1) is 12.3. The summed E-state index contributed by atoms with van der Waals surface area (Å²) in [5.41, 5.74) is 1.36. The molecule has 2 aromatic rings. The van der Waals surface area contributed by atoms with E-state index in [9.17, 15) is 19.5 Å². The van der Waals surface area contributed by atoms with Crippen molar-refractivity contribution < 1.29 is 19.5 Å². The van der Waals surface area contributed by atoms with Crippen molar-refractivity contribution in [1.29, 1.82) is 0 Å². The Morgan fingerprint density at radius 1 is 0.900 bits per heavy atom. The average Bonchev–Trinajstić information content (AvgIpc) is 2.71. The number of Topliss-reactive ketones (excluding diaryl/α,β-unsaturated/α-hetero) is 2. The van der Waals surface area contributed by atoms with Gasteiger partial charge in [-0.1, -0.05) is 42.5 Å². The van der Waals surface area contributed by atoms with E-state index in [1.54, 1.807) is 42.5 Å².